The van der Waals surface area contributed by atoms with Crippen molar-refractivity contribution < 1.29 is 4.39 Å². The molecule has 0 aliphatic heterocycles. The van der Waals surface area contributed by atoms with E-state index in [1.54, 1.807) is 6.07 Å². The molecule has 5 heteroatoms. The van der Waals surface area contributed by atoms with E-state index in [4.69, 9.17) is 0 Å². The van der Waals surface area contributed by atoms with Crippen LogP contribution < -0.4 is 5.32 Å². The molecule has 1 aromatic carbocycles. The van der Waals surface area contributed by atoms with Gasteiger partial charge in [0, 0.05) is 19.3 Å². The van der Waals surface area contributed by atoms with Crippen LogP contribution in [0.25, 0.3) is 0 Å². The van der Waals surface area contributed by atoms with Crippen molar-refractivity contribution in [3.8, 4) is 0 Å². The maximum Gasteiger partial charge on any atom is 0.137 e. The lowest BCUT2D eigenvalue weighted by Crippen LogP contribution is -2.23. The van der Waals surface area contributed by atoms with Gasteiger partial charge in [0.1, 0.15) is 5.82 Å². The van der Waals surface area contributed by atoms with Gasteiger partial charge in [-0.15, -0.1) is 0 Å². The summed E-state index contributed by atoms with van der Waals surface area (Å²) in [4.78, 5) is 0. The summed E-state index contributed by atoms with van der Waals surface area (Å²) in [5.74, 6) is -0.211. The highest BCUT2D eigenvalue weighted by atomic mass is 79.9. The van der Waals surface area contributed by atoms with E-state index in [9.17, 15) is 4.39 Å². The SMILES string of the molecule is CCCNC(CCc1cnn(C)c1)c1cccc(F)c1Br. The fraction of sp³-hybridized carbons (Fsp3) is 0.438. The minimum absolute atomic E-state index is 0.134. The van der Waals surface area contributed by atoms with Crippen LogP contribution in [-0.2, 0) is 13.5 Å². The van der Waals surface area contributed by atoms with Gasteiger partial charge in [-0.05, 0) is 58.9 Å². The summed E-state index contributed by atoms with van der Waals surface area (Å²) in [5.41, 5.74) is 2.18. The largest absolute Gasteiger partial charge is 0.310 e. The van der Waals surface area contributed by atoms with Crippen molar-refractivity contribution in [2.75, 3.05) is 6.54 Å². The Morgan fingerprint density at radius 2 is 2.24 bits per heavy atom. The first-order valence-corrected chi connectivity index (χ1v) is 8.06. The van der Waals surface area contributed by atoms with Crippen molar-refractivity contribution in [2.45, 2.75) is 32.2 Å². The van der Waals surface area contributed by atoms with Crippen LogP contribution in [0.1, 0.15) is 36.9 Å². The van der Waals surface area contributed by atoms with Crippen LogP contribution in [-0.4, -0.2) is 16.3 Å². The minimum atomic E-state index is -0.211. The molecule has 0 saturated carbocycles. The Labute approximate surface area is 133 Å². The molecule has 2 rings (SSSR count). The number of aryl methyl sites for hydroxylation is 2. The average Bonchev–Trinajstić information content (AvgIpc) is 2.88. The number of nitrogens with zero attached hydrogens (tertiary/aromatic N) is 2. The summed E-state index contributed by atoms with van der Waals surface area (Å²) in [7, 11) is 1.92. The Hall–Kier alpha value is -1.20. The van der Waals surface area contributed by atoms with Crippen LogP contribution in [0.4, 0.5) is 4.39 Å². The van der Waals surface area contributed by atoms with E-state index in [0.717, 1.165) is 31.4 Å². The van der Waals surface area contributed by atoms with E-state index in [1.165, 1.54) is 11.6 Å². The Balaban J connectivity index is 2.11. The first-order chi connectivity index (χ1) is 10.1. The monoisotopic (exact) mass is 353 g/mol. The number of nitrogens with one attached hydrogen (secondary N) is 1. The molecular weight excluding hydrogens is 333 g/mol. The molecule has 1 N–H and O–H groups in total. The highest BCUT2D eigenvalue weighted by Crippen LogP contribution is 2.29. The van der Waals surface area contributed by atoms with Crippen molar-refractivity contribution in [3.63, 3.8) is 0 Å². The Morgan fingerprint density at radius 3 is 2.90 bits per heavy atom. The molecular formula is C16H21BrFN3. The Kier molecular flexibility index (Phi) is 5.94. The highest BCUT2D eigenvalue weighted by molar-refractivity contribution is 9.10. The molecule has 0 saturated heterocycles. The molecule has 0 aliphatic rings. The summed E-state index contributed by atoms with van der Waals surface area (Å²) < 4.78 is 16.1. The van der Waals surface area contributed by atoms with E-state index in [2.05, 4.69) is 33.3 Å². The van der Waals surface area contributed by atoms with E-state index in [0.29, 0.717) is 4.47 Å². The summed E-state index contributed by atoms with van der Waals surface area (Å²) in [6.07, 6.45) is 6.79. The van der Waals surface area contributed by atoms with Crippen LogP contribution in [0.15, 0.2) is 35.1 Å². The molecule has 1 heterocycles. The molecule has 0 bridgehead atoms. The normalized spacial score (nSPS) is 12.6. The van der Waals surface area contributed by atoms with Crippen molar-refractivity contribution in [1.82, 2.24) is 15.1 Å². The third-order valence-electron chi connectivity index (χ3n) is 3.48. The minimum Gasteiger partial charge on any atom is -0.310 e. The van der Waals surface area contributed by atoms with E-state index < -0.39 is 0 Å². The fourth-order valence-corrected chi connectivity index (χ4v) is 2.93. The highest BCUT2D eigenvalue weighted by Gasteiger charge is 2.16. The van der Waals surface area contributed by atoms with Crippen molar-refractivity contribution >= 4 is 15.9 Å². The van der Waals surface area contributed by atoms with Gasteiger partial charge >= 0.3 is 0 Å². The fourth-order valence-electron chi connectivity index (χ4n) is 2.39. The first kappa shape index (κ1) is 16.2. The third kappa shape index (κ3) is 4.38. The lowest BCUT2D eigenvalue weighted by Gasteiger charge is -2.20. The van der Waals surface area contributed by atoms with Crippen LogP contribution in [0, 0.1) is 5.82 Å². The molecule has 1 unspecified atom stereocenters. The first-order valence-electron chi connectivity index (χ1n) is 7.26. The molecule has 0 amide bonds. The van der Waals surface area contributed by atoms with Crippen LogP contribution in [0.2, 0.25) is 0 Å². The van der Waals surface area contributed by atoms with E-state index >= 15 is 0 Å². The van der Waals surface area contributed by atoms with Crippen LogP contribution in [0.3, 0.4) is 0 Å². The average molecular weight is 354 g/mol. The lowest BCUT2D eigenvalue weighted by atomic mass is 10.00. The van der Waals surface area contributed by atoms with Crippen LogP contribution >= 0.6 is 15.9 Å². The van der Waals surface area contributed by atoms with Gasteiger partial charge in [-0.2, -0.15) is 5.10 Å². The predicted octanol–water partition coefficient (Wildman–Crippen LogP) is 4.00. The summed E-state index contributed by atoms with van der Waals surface area (Å²) in [6, 6.07) is 5.35. The van der Waals surface area contributed by atoms with Gasteiger partial charge in [0.25, 0.3) is 0 Å². The number of hydrogen-bond acceptors (Lipinski definition) is 2. The van der Waals surface area contributed by atoms with Gasteiger partial charge in [-0.3, -0.25) is 4.68 Å². The van der Waals surface area contributed by atoms with Gasteiger partial charge < -0.3 is 5.32 Å². The molecule has 2 aromatic rings. The van der Waals surface area contributed by atoms with Gasteiger partial charge in [-0.1, -0.05) is 19.1 Å². The quantitative estimate of drug-likeness (QED) is 0.815. The second-order valence-corrected chi connectivity index (χ2v) is 6.00. The maximum atomic E-state index is 13.7. The van der Waals surface area contributed by atoms with Gasteiger partial charge in [0.2, 0.25) is 0 Å². The second-order valence-electron chi connectivity index (χ2n) is 5.21. The molecule has 0 spiro atoms. The molecule has 0 radical (unpaired) electrons. The van der Waals surface area contributed by atoms with E-state index in [1.807, 2.05) is 30.2 Å². The zero-order valence-electron chi connectivity index (χ0n) is 12.4. The number of hydrogen-bond donors (Lipinski definition) is 1. The third-order valence-corrected chi connectivity index (χ3v) is 4.31. The number of benzene rings is 1. The zero-order valence-corrected chi connectivity index (χ0v) is 14.0. The maximum absolute atomic E-state index is 13.7. The van der Waals surface area contributed by atoms with Crippen molar-refractivity contribution in [1.29, 1.82) is 0 Å². The number of halogens is 2. The molecule has 0 aliphatic carbocycles. The van der Waals surface area contributed by atoms with Crippen molar-refractivity contribution in [3.05, 3.63) is 52.0 Å². The smallest absolute Gasteiger partial charge is 0.137 e. The van der Waals surface area contributed by atoms with Gasteiger partial charge in [0.05, 0.1) is 10.7 Å². The number of rotatable bonds is 7. The second kappa shape index (κ2) is 7.71. The summed E-state index contributed by atoms with van der Waals surface area (Å²) >= 11 is 3.37. The lowest BCUT2D eigenvalue weighted by molar-refractivity contribution is 0.493. The topological polar surface area (TPSA) is 29.9 Å². The van der Waals surface area contributed by atoms with Gasteiger partial charge in [0.15, 0.2) is 0 Å². The molecule has 1 atom stereocenters. The zero-order chi connectivity index (χ0) is 15.2. The predicted molar refractivity (Wildman–Crippen MR) is 86.7 cm³/mol. The Morgan fingerprint density at radius 1 is 1.43 bits per heavy atom. The molecule has 1 aromatic heterocycles. The van der Waals surface area contributed by atoms with Gasteiger partial charge in [-0.25, -0.2) is 4.39 Å². The summed E-state index contributed by atoms with van der Waals surface area (Å²) in [5, 5.41) is 7.70. The number of aromatic nitrogens is 2. The molecule has 3 nitrogen and oxygen atoms in total. The van der Waals surface area contributed by atoms with Crippen molar-refractivity contribution in [2.24, 2.45) is 7.05 Å². The van der Waals surface area contributed by atoms with E-state index in [-0.39, 0.29) is 11.9 Å². The standard InChI is InChI=1S/C16H21BrFN3/c1-3-9-19-15(8-7-12-10-20-21(2)11-12)13-5-4-6-14(18)16(13)17/h4-6,10-11,15,19H,3,7-9H2,1-2H3. The molecule has 114 valence electrons. The Bertz CT molecular complexity index is 583. The molecule has 21 heavy (non-hydrogen) atoms. The van der Waals surface area contributed by atoms with Crippen LogP contribution in [0.5, 0.6) is 0 Å². The molecule has 0 fully saturated rings. The summed E-state index contributed by atoms with van der Waals surface area (Å²) in [6.45, 7) is 3.05.